The fourth-order valence-corrected chi connectivity index (χ4v) is 9.47. The van der Waals surface area contributed by atoms with E-state index >= 15 is 0 Å². The van der Waals surface area contributed by atoms with E-state index in [2.05, 4.69) is 44.7 Å². The van der Waals surface area contributed by atoms with Crippen molar-refractivity contribution in [2.75, 3.05) is 56.5 Å². The molecule has 0 saturated carbocycles. The number of nitrogens with zero attached hydrogens (tertiary/aromatic N) is 6. The number of halogens is 1. The Morgan fingerprint density at radius 1 is 0.909 bits per heavy atom. The first-order valence-electron chi connectivity index (χ1n) is 19.1. The van der Waals surface area contributed by atoms with Crippen molar-refractivity contribution in [3.05, 3.63) is 86.3 Å². The zero-order chi connectivity index (χ0) is 38.6. The minimum atomic E-state index is -0.999. The van der Waals surface area contributed by atoms with Gasteiger partial charge in [0.15, 0.2) is 0 Å². The third-order valence-corrected chi connectivity index (χ3v) is 12.8. The Labute approximate surface area is 323 Å². The van der Waals surface area contributed by atoms with Gasteiger partial charge in [0.25, 0.3) is 23.3 Å². The van der Waals surface area contributed by atoms with Crippen LogP contribution in [0.2, 0.25) is 5.02 Å². The van der Waals surface area contributed by atoms with Crippen LogP contribution in [0.15, 0.2) is 53.5 Å². The molecule has 0 radical (unpaired) electrons. The lowest BCUT2D eigenvalue weighted by molar-refractivity contribution is -0.136. The second-order valence-corrected chi connectivity index (χ2v) is 16.2. The average Bonchev–Trinajstić information content (AvgIpc) is 3.44. The third-order valence-electron chi connectivity index (χ3n) is 12.4. The smallest absolute Gasteiger partial charge is 0.287 e. The molecule has 3 aromatic rings. The molecule has 288 valence electrons. The Balaban J connectivity index is 0.862. The third kappa shape index (κ3) is 6.90. The van der Waals surface area contributed by atoms with Crippen LogP contribution in [0, 0.1) is 5.41 Å². The van der Waals surface area contributed by atoms with Crippen LogP contribution >= 0.6 is 11.6 Å². The number of fused-ring (bicyclic) bond motifs is 1. The molecular formula is C40H45ClN8O6. The average molecular weight is 769 g/mol. The SMILES string of the molecule is CN1C[C@@H](Nc2cnn(C)c(=O)c2Cl)C[C@@H](c2ccc(C(=O)N3CCC4(CC3)CCN(c3cccc5c3C(=O)N(C3CCC(=O)NC3=O)C5=O)CC4)cc2)C1. The van der Waals surface area contributed by atoms with E-state index < -0.39 is 29.7 Å². The summed E-state index contributed by atoms with van der Waals surface area (Å²) in [4.78, 5) is 84.7. The summed E-state index contributed by atoms with van der Waals surface area (Å²) in [6.07, 6.45) is 6.23. The van der Waals surface area contributed by atoms with Crippen LogP contribution in [0.3, 0.4) is 0 Å². The minimum Gasteiger partial charge on any atom is -0.378 e. The molecular weight excluding hydrogens is 724 g/mol. The summed E-state index contributed by atoms with van der Waals surface area (Å²) in [7, 11) is 3.64. The molecule has 14 nitrogen and oxygen atoms in total. The molecule has 5 aliphatic rings. The number of aromatic nitrogens is 2. The number of amides is 5. The van der Waals surface area contributed by atoms with Gasteiger partial charge in [0.05, 0.1) is 28.7 Å². The van der Waals surface area contributed by atoms with Crippen LogP contribution in [0.25, 0.3) is 0 Å². The number of likely N-dealkylation sites (N-methyl/N-ethyl adjacent to an activating group) is 1. The zero-order valence-electron chi connectivity index (χ0n) is 31.1. The van der Waals surface area contributed by atoms with Crippen molar-refractivity contribution in [1.29, 1.82) is 0 Å². The largest absolute Gasteiger partial charge is 0.378 e. The predicted molar refractivity (Wildman–Crippen MR) is 205 cm³/mol. The number of hydrogen-bond acceptors (Lipinski definition) is 10. The van der Waals surface area contributed by atoms with E-state index in [4.69, 9.17) is 11.6 Å². The Bertz CT molecular complexity index is 2120. The quantitative estimate of drug-likeness (QED) is 0.357. The number of hydrogen-bond donors (Lipinski definition) is 2. The molecule has 5 amide bonds. The van der Waals surface area contributed by atoms with E-state index in [1.54, 1.807) is 25.4 Å². The van der Waals surface area contributed by atoms with E-state index in [1.807, 2.05) is 23.1 Å². The van der Waals surface area contributed by atoms with Gasteiger partial charge in [-0.3, -0.25) is 39.0 Å². The lowest BCUT2D eigenvalue weighted by Gasteiger charge is -2.47. The predicted octanol–water partition coefficient (Wildman–Crippen LogP) is 3.26. The normalized spacial score (nSPS) is 24.3. The zero-order valence-corrected chi connectivity index (χ0v) is 31.8. The van der Waals surface area contributed by atoms with Gasteiger partial charge in [-0.25, -0.2) is 4.68 Å². The molecule has 6 heterocycles. The maximum Gasteiger partial charge on any atom is 0.287 e. The van der Waals surface area contributed by atoms with Crippen LogP contribution in [-0.4, -0.2) is 112 Å². The lowest BCUT2D eigenvalue weighted by atomic mass is 9.71. The van der Waals surface area contributed by atoms with Gasteiger partial charge >= 0.3 is 0 Å². The van der Waals surface area contributed by atoms with Gasteiger partial charge in [0.2, 0.25) is 11.8 Å². The Kier molecular flexibility index (Phi) is 9.74. The van der Waals surface area contributed by atoms with Crippen LogP contribution in [0.1, 0.15) is 87.5 Å². The molecule has 3 atom stereocenters. The number of aryl methyl sites for hydroxylation is 1. The number of rotatable bonds is 6. The lowest BCUT2D eigenvalue weighted by Crippen LogP contribution is -2.54. The van der Waals surface area contributed by atoms with Crippen molar-refractivity contribution >= 4 is 52.5 Å². The van der Waals surface area contributed by atoms with Gasteiger partial charge in [0.1, 0.15) is 11.1 Å². The molecule has 1 aromatic heterocycles. The van der Waals surface area contributed by atoms with Crippen LogP contribution in [-0.2, 0) is 16.6 Å². The number of likely N-dealkylation sites (tertiary alicyclic amines) is 2. The van der Waals surface area contributed by atoms with E-state index in [-0.39, 0.29) is 46.7 Å². The first-order chi connectivity index (χ1) is 26.4. The summed E-state index contributed by atoms with van der Waals surface area (Å²) in [5.74, 6) is -1.73. The van der Waals surface area contributed by atoms with Crippen molar-refractivity contribution in [2.45, 2.75) is 62.9 Å². The maximum atomic E-state index is 13.7. The van der Waals surface area contributed by atoms with Gasteiger partial charge in [-0.05, 0) is 86.7 Å². The van der Waals surface area contributed by atoms with Crippen molar-refractivity contribution in [3.8, 4) is 0 Å². The highest BCUT2D eigenvalue weighted by atomic mass is 35.5. The number of anilines is 2. The second kappa shape index (κ2) is 14.5. The van der Waals surface area contributed by atoms with Crippen molar-refractivity contribution < 1.29 is 24.0 Å². The molecule has 0 aliphatic carbocycles. The molecule has 2 aromatic carbocycles. The second-order valence-electron chi connectivity index (χ2n) is 15.8. The number of benzene rings is 2. The Hall–Kier alpha value is -5.08. The highest BCUT2D eigenvalue weighted by Gasteiger charge is 2.47. The van der Waals surface area contributed by atoms with Crippen LogP contribution < -0.4 is 21.1 Å². The molecule has 4 saturated heterocycles. The van der Waals surface area contributed by atoms with E-state index in [9.17, 15) is 28.8 Å². The van der Waals surface area contributed by atoms with Gasteiger partial charge < -0.3 is 20.0 Å². The van der Waals surface area contributed by atoms with E-state index in [0.717, 1.165) is 55.7 Å². The molecule has 1 unspecified atom stereocenters. The topological polar surface area (TPSA) is 157 Å². The van der Waals surface area contributed by atoms with E-state index in [1.165, 1.54) is 4.68 Å². The molecule has 2 N–H and O–H groups in total. The van der Waals surface area contributed by atoms with E-state index in [0.29, 0.717) is 54.2 Å². The number of carbonyl (C=O) groups is 5. The molecule has 8 rings (SSSR count). The number of piperidine rings is 4. The highest BCUT2D eigenvalue weighted by molar-refractivity contribution is 6.33. The van der Waals surface area contributed by atoms with Crippen LogP contribution in [0.5, 0.6) is 0 Å². The van der Waals surface area contributed by atoms with Gasteiger partial charge in [0, 0.05) is 64.3 Å². The van der Waals surface area contributed by atoms with Gasteiger partial charge in [-0.15, -0.1) is 0 Å². The Morgan fingerprint density at radius 2 is 1.62 bits per heavy atom. The van der Waals surface area contributed by atoms with Crippen molar-refractivity contribution in [1.82, 2.24) is 29.8 Å². The summed E-state index contributed by atoms with van der Waals surface area (Å²) >= 11 is 6.32. The maximum absolute atomic E-state index is 13.7. The van der Waals surface area contributed by atoms with Crippen LogP contribution in [0.4, 0.5) is 11.4 Å². The van der Waals surface area contributed by atoms with Gasteiger partial charge in [-0.2, -0.15) is 5.10 Å². The van der Waals surface area contributed by atoms with Crippen molar-refractivity contribution in [2.24, 2.45) is 12.5 Å². The molecule has 1 spiro atoms. The molecule has 0 bridgehead atoms. The molecule has 4 fully saturated rings. The standard InChI is InChI=1S/C40H45ClN8O6/c1-45-22-26(20-27(23-45)43-29-21-42-46(2)39(55)34(29)41)24-6-8-25(9-7-24)36(52)48-18-14-40(15-19-48)12-16-47(17-13-40)30-5-3-4-28-33(30)38(54)49(37(28)53)31-10-11-32(50)44-35(31)51/h3-9,21,26-27,31,43H,10-20,22-23H2,1-2H3,(H,44,50,51)/t26-,27+,31?/m1/s1. The first-order valence-corrected chi connectivity index (χ1v) is 19.4. The molecule has 55 heavy (non-hydrogen) atoms. The summed E-state index contributed by atoms with van der Waals surface area (Å²) < 4.78 is 1.22. The van der Waals surface area contributed by atoms with Gasteiger partial charge in [-0.1, -0.05) is 29.8 Å². The molecule has 5 aliphatic heterocycles. The summed E-state index contributed by atoms with van der Waals surface area (Å²) in [5, 5.41) is 9.92. The fraction of sp³-hybridized carbons (Fsp3) is 0.475. The summed E-state index contributed by atoms with van der Waals surface area (Å²) in [5.41, 5.74) is 3.45. The Morgan fingerprint density at radius 3 is 2.33 bits per heavy atom. The summed E-state index contributed by atoms with van der Waals surface area (Å²) in [6.45, 7) is 4.46. The first kappa shape index (κ1) is 36.9. The monoisotopic (exact) mass is 768 g/mol. The number of nitrogens with one attached hydrogen (secondary N) is 2. The number of imide groups is 2. The molecule has 15 heteroatoms. The summed E-state index contributed by atoms with van der Waals surface area (Å²) in [6, 6.07) is 12.3. The highest BCUT2D eigenvalue weighted by Crippen LogP contribution is 2.44. The minimum absolute atomic E-state index is 0.0375. The number of carbonyl (C=O) groups excluding carboxylic acids is 5. The fourth-order valence-electron chi connectivity index (χ4n) is 9.24. The van der Waals surface area contributed by atoms with Crippen molar-refractivity contribution in [3.63, 3.8) is 0 Å².